The number of aryl methyl sites for hydroxylation is 2. The highest BCUT2D eigenvalue weighted by atomic mass is 16.4. The number of aliphatic carboxylic acids is 1. The fourth-order valence-electron chi connectivity index (χ4n) is 9.51. The van der Waals surface area contributed by atoms with Crippen LogP contribution in [0.5, 0.6) is 0 Å². The molecule has 2 aromatic heterocycles. The molecule has 0 radical (unpaired) electrons. The third-order valence-corrected chi connectivity index (χ3v) is 12.3. The van der Waals surface area contributed by atoms with Crippen LogP contribution in [-0.4, -0.2) is 49.2 Å². The SMILES string of the molecule is CCCCCC1C=CC(CCCCCC(C(=O)O)C(O)CCC2(O)CC(Cc3ccnc(N)c3)CC2Cc2ccc(Cc3cc(C)cc(C)c3)[n-]2)C(O)C1. The zero-order valence-electron chi connectivity index (χ0n) is 33.0. The quantitative estimate of drug-likeness (QED) is 0.0541. The van der Waals surface area contributed by atoms with Crippen LogP contribution >= 0.6 is 0 Å². The van der Waals surface area contributed by atoms with E-state index < -0.39 is 23.6 Å². The predicted octanol–water partition coefficient (Wildman–Crippen LogP) is 8.30. The van der Waals surface area contributed by atoms with Crippen molar-refractivity contribution >= 4 is 11.8 Å². The largest absolute Gasteiger partial charge is 0.664 e. The number of nitrogens with two attached hydrogens (primary N) is 1. The summed E-state index contributed by atoms with van der Waals surface area (Å²) in [5.41, 5.74) is 11.7. The predicted molar refractivity (Wildman–Crippen MR) is 216 cm³/mol. The summed E-state index contributed by atoms with van der Waals surface area (Å²) in [6, 6.07) is 14.6. The molecule has 1 aromatic carbocycles. The van der Waals surface area contributed by atoms with Gasteiger partial charge in [-0.05, 0) is 125 Å². The molecule has 0 aliphatic heterocycles. The lowest BCUT2D eigenvalue weighted by Crippen LogP contribution is -2.37. The van der Waals surface area contributed by atoms with Gasteiger partial charge in [0.05, 0.1) is 23.7 Å². The van der Waals surface area contributed by atoms with Crippen molar-refractivity contribution in [2.24, 2.45) is 29.6 Å². The third-order valence-electron chi connectivity index (χ3n) is 12.3. The Morgan fingerprint density at radius 1 is 0.926 bits per heavy atom. The average Bonchev–Trinajstić information content (AvgIpc) is 3.68. The van der Waals surface area contributed by atoms with E-state index in [1.54, 1.807) is 6.20 Å². The lowest BCUT2D eigenvalue weighted by molar-refractivity contribution is -0.146. The molecule has 1 fully saturated rings. The highest BCUT2D eigenvalue weighted by Crippen LogP contribution is 2.46. The number of carbonyl (C=O) groups is 1. The minimum atomic E-state index is -1.05. The van der Waals surface area contributed by atoms with E-state index in [4.69, 9.17) is 10.7 Å². The summed E-state index contributed by atoms with van der Waals surface area (Å²) < 4.78 is 0. The van der Waals surface area contributed by atoms with Crippen molar-refractivity contribution < 1.29 is 25.2 Å². The zero-order chi connectivity index (χ0) is 38.7. The van der Waals surface area contributed by atoms with E-state index in [2.05, 4.69) is 68.2 Å². The van der Waals surface area contributed by atoms with Gasteiger partial charge in [-0.1, -0.05) is 99.1 Å². The number of unbranched alkanes of at least 4 members (excludes halogenated alkanes) is 4. The molecule has 0 bridgehead atoms. The Morgan fingerprint density at radius 3 is 2.41 bits per heavy atom. The van der Waals surface area contributed by atoms with E-state index in [-0.39, 0.29) is 30.3 Å². The molecule has 1 saturated carbocycles. The fraction of sp³-hybridized carbons (Fsp3) is 0.609. The Balaban J connectivity index is 1.15. The number of carboxylic acid groups (broad SMARTS) is 1. The molecule has 8 atom stereocenters. The van der Waals surface area contributed by atoms with Crippen molar-refractivity contribution in [1.82, 2.24) is 9.97 Å². The van der Waals surface area contributed by atoms with Gasteiger partial charge >= 0.3 is 5.97 Å². The van der Waals surface area contributed by atoms with Crippen LogP contribution in [0.1, 0.15) is 130 Å². The van der Waals surface area contributed by atoms with Gasteiger partial charge in [0.2, 0.25) is 0 Å². The van der Waals surface area contributed by atoms with E-state index in [0.29, 0.717) is 43.8 Å². The summed E-state index contributed by atoms with van der Waals surface area (Å²) in [6.07, 6.45) is 18.4. The molecule has 0 saturated heterocycles. The number of carboxylic acids is 1. The topological polar surface area (TPSA) is 151 Å². The number of allylic oxidation sites excluding steroid dienone is 1. The Kier molecular flexibility index (Phi) is 15.4. The van der Waals surface area contributed by atoms with Crippen molar-refractivity contribution in [3.63, 3.8) is 0 Å². The maximum atomic E-state index is 12.4. The molecule has 8 nitrogen and oxygen atoms in total. The number of hydrogen-bond donors (Lipinski definition) is 5. The minimum absolute atomic E-state index is 0.0723. The molecule has 2 heterocycles. The van der Waals surface area contributed by atoms with Gasteiger partial charge in [-0.25, -0.2) is 4.98 Å². The van der Waals surface area contributed by atoms with E-state index in [1.165, 1.54) is 36.0 Å². The summed E-state index contributed by atoms with van der Waals surface area (Å²) in [4.78, 5) is 21.5. The smallest absolute Gasteiger partial charge is 0.309 e. The molecule has 0 spiro atoms. The normalized spacial score (nSPS) is 25.2. The minimum Gasteiger partial charge on any atom is -0.664 e. The first-order valence-electron chi connectivity index (χ1n) is 20.8. The average molecular weight is 741 g/mol. The summed E-state index contributed by atoms with van der Waals surface area (Å²) >= 11 is 0. The fourth-order valence-corrected chi connectivity index (χ4v) is 9.51. The van der Waals surface area contributed by atoms with E-state index in [0.717, 1.165) is 68.3 Å². The van der Waals surface area contributed by atoms with Gasteiger partial charge in [-0.15, -0.1) is 0 Å². The van der Waals surface area contributed by atoms with Crippen LogP contribution in [0.2, 0.25) is 0 Å². The van der Waals surface area contributed by atoms with Crippen LogP contribution in [0.15, 0.2) is 60.8 Å². The van der Waals surface area contributed by atoms with E-state index in [1.807, 2.05) is 12.1 Å². The van der Waals surface area contributed by atoms with Crippen molar-refractivity contribution in [2.75, 3.05) is 5.73 Å². The number of pyridine rings is 1. The van der Waals surface area contributed by atoms with E-state index >= 15 is 0 Å². The molecule has 2 aliphatic rings. The Morgan fingerprint density at radius 2 is 1.69 bits per heavy atom. The number of rotatable bonds is 21. The number of nitrogens with zero attached hydrogens (tertiary/aromatic N) is 2. The number of benzene rings is 1. The van der Waals surface area contributed by atoms with E-state index in [9.17, 15) is 25.2 Å². The Hall–Kier alpha value is -3.46. The van der Waals surface area contributed by atoms with Crippen LogP contribution < -0.4 is 10.7 Å². The van der Waals surface area contributed by atoms with Crippen LogP contribution in [0.3, 0.4) is 0 Å². The Labute approximate surface area is 323 Å². The molecule has 296 valence electrons. The molecule has 8 heteroatoms. The summed E-state index contributed by atoms with van der Waals surface area (Å²) in [5.74, 6) is -0.600. The third kappa shape index (κ3) is 12.3. The van der Waals surface area contributed by atoms with Crippen LogP contribution in [-0.2, 0) is 24.1 Å². The number of aliphatic hydroxyl groups is 3. The molecule has 3 aromatic rings. The molecular weight excluding hydrogens is 675 g/mol. The molecule has 6 N–H and O–H groups in total. The first-order valence-corrected chi connectivity index (χ1v) is 20.8. The van der Waals surface area contributed by atoms with Crippen molar-refractivity contribution in [1.29, 1.82) is 0 Å². The molecule has 2 aliphatic carbocycles. The van der Waals surface area contributed by atoms with Crippen molar-refractivity contribution in [3.05, 3.63) is 94.5 Å². The highest BCUT2D eigenvalue weighted by molar-refractivity contribution is 5.70. The van der Waals surface area contributed by atoms with Gasteiger partial charge in [0.25, 0.3) is 0 Å². The molecular formula is C46H66N3O5-. The summed E-state index contributed by atoms with van der Waals surface area (Å²) in [6.45, 7) is 6.43. The van der Waals surface area contributed by atoms with Crippen LogP contribution in [0.25, 0.3) is 0 Å². The van der Waals surface area contributed by atoms with Gasteiger partial charge in [-0.3, -0.25) is 4.79 Å². The Bertz CT molecular complexity index is 1630. The molecule has 0 amide bonds. The zero-order valence-corrected chi connectivity index (χ0v) is 33.0. The van der Waals surface area contributed by atoms with Gasteiger partial charge in [0.15, 0.2) is 0 Å². The standard InChI is InChI=1S/C46H66N3O5/c1-4-5-7-10-33-13-14-37(43(51)27-33)11-8-6-9-12-41(45(52)53)42(50)17-19-46(54)30-36(24-34-18-20-48-44(47)28-34)25-38(46)29-40-16-15-39(49-40)26-35-22-31(2)21-32(3)23-35/h13-16,18,20-23,28,33,36-38,41-43,50-51,54H,4-12,17,19,24-27,29-30H2,1-3H3,(H2,47,48)(H,52,53)/q-1. The second kappa shape index (κ2) is 19.9. The second-order valence-corrected chi connectivity index (χ2v) is 17.0. The second-order valence-electron chi connectivity index (χ2n) is 17.0. The molecule has 5 rings (SSSR count). The molecule has 8 unspecified atom stereocenters. The number of aliphatic hydroxyl groups excluding tert-OH is 2. The lowest BCUT2D eigenvalue weighted by Gasteiger charge is -2.33. The maximum absolute atomic E-state index is 12.4. The van der Waals surface area contributed by atoms with Crippen LogP contribution in [0, 0.1) is 43.4 Å². The van der Waals surface area contributed by atoms with Gasteiger partial charge in [0, 0.05) is 12.1 Å². The number of nitrogen functional groups attached to an aromatic ring is 1. The first kappa shape index (κ1) is 41.7. The van der Waals surface area contributed by atoms with Crippen LogP contribution in [0.4, 0.5) is 5.82 Å². The van der Waals surface area contributed by atoms with Gasteiger partial charge < -0.3 is 31.1 Å². The lowest BCUT2D eigenvalue weighted by atomic mass is 9.80. The maximum Gasteiger partial charge on any atom is 0.309 e. The molecule has 54 heavy (non-hydrogen) atoms. The van der Waals surface area contributed by atoms with Gasteiger partial charge in [-0.2, -0.15) is 11.4 Å². The first-order chi connectivity index (χ1) is 25.9. The summed E-state index contributed by atoms with van der Waals surface area (Å²) in [7, 11) is 0. The number of aromatic nitrogens is 2. The monoisotopic (exact) mass is 741 g/mol. The number of hydrogen-bond acceptors (Lipinski definition) is 6. The summed E-state index contributed by atoms with van der Waals surface area (Å²) in [5, 5.41) is 44.4. The highest BCUT2D eigenvalue weighted by Gasteiger charge is 2.45. The number of anilines is 1. The van der Waals surface area contributed by atoms with Crippen molar-refractivity contribution in [2.45, 2.75) is 148 Å². The van der Waals surface area contributed by atoms with Crippen molar-refractivity contribution in [3.8, 4) is 0 Å². The van der Waals surface area contributed by atoms with Gasteiger partial charge in [0.1, 0.15) is 5.82 Å².